The molecule has 0 saturated carbocycles. The number of unbranched alkanes of at least 4 members (excludes halogenated alkanes) is 1. The third kappa shape index (κ3) is 4.71. The molecule has 0 fully saturated rings. The van der Waals surface area contributed by atoms with Gasteiger partial charge in [-0.05, 0) is 37.0 Å². The average Bonchev–Trinajstić information content (AvgIpc) is 2.52. The predicted octanol–water partition coefficient (Wildman–Crippen LogP) is 5.23. The van der Waals surface area contributed by atoms with Gasteiger partial charge in [0.2, 0.25) is 0 Å². The molecule has 0 atom stereocenters. The first kappa shape index (κ1) is 15.2. The van der Waals surface area contributed by atoms with Crippen LogP contribution >= 0.6 is 0 Å². The van der Waals surface area contributed by atoms with E-state index in [-0.39, 0.29) is 5.78 Å². The van der Waals surface area contributed by atoms with E-state index in [2.05, 4.69) is 26.0 Å². The number of aryl methyl sites for hydroxylation is 2. The molecule has 21 heavy (non-hydrogen) atoms. The maximum Gasteiger partial charge on any atom is 0.185 e. The third-order valence-corrected chi connectivity index (χ3v) is 3.56. The van der Waals surface area contributed by atoms with Crippen LogP contribution in [-0.2, 0) is 6.42 Å². The van der Waals surface area contributed by atoms with Crippen molar-refractivity contribution in [3.8, 4) is 0 Å². The quantitative estimate of drug-likeness (QED) is 0.522. The summed E-state index contributed by atoms with van der Waals surface area (Å²) in [6.07, 6.45) is 6.99. The summed E-state index contributed by atoms with van der Waals surface area (Å²) < 4.78 is 0. The van der Waals surface area contributed by atoms with E-state index < -0.39 is 0 Å². The molecule has 0 amide bonds. The van der Waals surface area contributed by atoms with Crippen LogP contribution in [-0.4, -0.2) is 5.78 Å². The highest BCUT2D eigenvalue weighted by atomic mass is 16.1. The van der Waals surface area contributed by atoms with Crippen molar-refractivity contribution in [1.29, 1.82) is 0 Å². The molecule has 2 rings (SSSR count). The van der Waals surface area contributed by atoms with E-state index in [9.17, 15) is 4.79 Å². The van der Waals surface area contributed by atoms with Gasteiger partial charge >= 0.3 is 0 Å². The highest BCUT2D eigenvalue weighted by Gasteiger charge is 2.01. The van der Waals surface area contributed by atoms with Gasteiger partial charge in [0, 0.05) is 5.56 Å². The van der Waals surface area contributed by atoms with Gasteiger partial charge in [0.15, 0.2) is 5.78 Å². The molecule has 0 radical (unpaired) electrons. The van der Waals surface area contributed by atoms with Crippen molar-refractivity contribution in [2.75, 3.05) is 0 Å². The molecule has 0 aliphatic rings. The van der Waals surface area contributed by atoms with Gasteiger partial charge in [0.05, 0.1) is 0 Å². The molecule has 0 aliphatic carbocycles. The molecule has 0 N–H and O–H groups in total. The van der Waals surface area contributed by atoms with Gasteiger partial charge < -0.3 is 0 Å². The Hall–Kier alpha value is -2.15. The Morgan fingerprint density at radius 2 is 1.67 bits per heavy atom. The summed E-state index contributed by atoms with van der Waals surface area (Å²) in [6.45, 7) is 4.24. The topological polar surface area (TPSA) is 17.1 Å². The fraction of sp³-hybridized carbons (Fsp3) is 0.250. The SMILES string of the molecule is CCCCc1ccc(C(=O)/C=C/c2ccc(C)cc2)cc1. The van der Waals surface area contributed by atoms with E-state index in [1.807, 2.05) is 42.5 Å². The van der Waals surface area contributed by atoms with Gasteiger partial charge in [-0.3, -0.25) is 4.79 Å². The van der Waals surface area contributed by atoms with E-state index in [4.69, 9.17) is 0 Å². The summed E-state index contributed by atoms with van der Waals surface area (Å²) in [7, 11) is 0. The Bertz CT molecular complexity index is 603. The van der Waals surface area contributed by atoms with Crippen LogP contribution in [0.1, 0.15) is 46.8 Å². The van der Waals surface area contributed by atoms with E-state index in [0.29, 0.717) is 0 Å². The van der Waals surface area contributed by atoms with Gasteiger partial charge in [-0.15, -0.1) is 0 Å². The van der Waals surface area contributed by atoms with Crippen molar-refractivity contribution in [2.24, 2.45) is 0 Å². The molecule has 1 nitrogen and oxygen atoms in total. The van der Waals surface area contributed by atoms with E-state index in [0.717, 1.165) is 17.5 Å². The zero-order valence-electron chi connectivity index (χ0n) is 12.8. The molecule has 0 unspecified atom stereocenters. The maximum absolute atomic E-state index is 12.1. The van der Waals surface area contributed by atoms with Crippen molar-refractivity contribution in [1.82, 2.24) is 0 Å². The van der Waals surface area contributed by atoms with Gasteiger partial charge in [-0.2, -0.15) is 0 Å². The van der Waals surface area contributed by atoms with Crippen LogP contribution in [0.25, 0.3) is 6.08 Å². The van der Waals surface area contributed by atoms with Crippen LogP contribution in [0.2, 0.25) is 0 Å². The average molecular weight is 278 g/mol. The van der Waals surface area contributed by atoms with Crippen molar-refractivity contribution in [2.45, 2.75) is 33.1 Å². The second-order valence-corrected chi connectivity index (χ2v) is 5.41. The molecule has 0 spiro atoms. The van der Waals surface area contributed by atoms with Crippen molar-refractivity contribution >= 4 is 11.9 Å². The van der Waals surface area contributed by atoms with Crippen molar-refractivity contribution in [3.63, 3.8) is 0 Å². The number of hydrogen-bond acceptors (Lipinski definition) is 1. The first-order chi connectivity index (χ1) is 10.2. The van der Waals surface area contributed by atoms with Gasteiger partial charge in [0.1, 0.15) is 0 Å². The number of benzene rings is 2. The normalized spacial score (nSPS) is 11.0. The lowest BCUT2D eigenvalue weighted by Gasteiger charge is -2.01. The molecule has 2 aromatic rings. The second-order valence-electron chi connectivity index (χ2n) is 5.41. The summed E-state index contributed by atoms with van der Waals surface area (Å²) in [5.74, 6) is 0.0533. The summed E-state index contributed by atoms with van der Waals surface area (Å²) in [5.41, 5.74) is 4.32. The lowest BCUT2D eigenvalue weighted by atomic mass is 10.0. The van der Waals surface area contributed by atoms with Crippen molar-refractivity contribution < 1.29 is 4.79 Å². The van der Waals surface area contributed by atoms with E-state index >= 15 is 0 Å². The Labute approximate surface area is 127 Å². The molecule has 0 aliphatic heterocycles. The number of allylic oxidation sites excluding steroid dienone is 1. The zero-order valence-corrected chi connectivity index (χ0v) is 12.8. The lowest BCUT2D eigenvalue weighted by Crippen LogP contribution is -1.95. The number of ketones is 1. The lowest BCUT2D eigenvalue weighted by molar-refractivity contribution is 0.104. The first-order valence-electron chi connectivity index (χ1n) is 7.57. The molecule has 1 heteroatoms. The van der Waals surface area contributed by atoms with Crippen molar-refractivity contribution in [3.05, 3.63) is 76.9 Å². The van der Waals surface area contributed by atoms with Crippen LogP contribution in [0.5, 0.6) is 0 Å². The Morgan fingerprint density at radius 1 is 1.00 bits per heavy atom. The molecule has 0 aromatic heterocycles. The van der Waals surface area contributed by atoms with Gasteiger partial charge in [-0.1, -0.05) is 73.5 Å². The standard InChI is InChI=1S/C20H22O/c1-3-4-5-17-10-13-19(14-11-17)20(21)15-12-18-8-6-16(2)7-9-18/h6-15H,3-5H2,1-2H3/b15-12+. The summed E-state index contributed by atoms with van der Waals surface area (Å²) >= 11 is 0. The minimum Gasteiger partial charge on any atom is -0.289 e. The molecular formula is C20H22O. The summed E-state index contributed by atoms with van der Waals surface area (Å²) in [6, 6.07) is 16.1. The fourth-order valence-corrected chi connectivity index (χ4v) is 2.16. The highest BCUT2D eigenvalue weighted by molar-refractivity contribution is 6.06. The Balaban J connectivity index is 2.01. The molecule has 0 saturated heterocycles. The molecule has 0 heterocycles. The minimum absolute atomic E-state index is 0.0533. The number of carbonyl (C=O) groups is 1. The Morgan fingerprint density at radius 3 is 2.29 bits per heavy atom. The van der Waals surface area contributed by atoms with Crippen LogP contribution < -0.4 is 0 Å². The first-order valence-corrected chi connectivity index (χ1v) is 7.57. The highest BCUT2D eigenvalue weighted by Crippen LogP contribution is 2.10. The predicted molar refractivity (Wildman–Crippen MR) is 89.6 cm³/mol. The molecule has 108 valence electrons. The minimum atomic E-state index is 0.0533. The van der Waals surface area contributed by atoms with Crippen LogP contribution in [0, 0.1) is 6.92 Å². The molecule has 2 aromatic carbocycles. The summed E-state index contributed by atoms with van der Waals surface area (Å²) in [4.78, 5) is 12.1. The number of hydrogen-bond donors (Lipinski definition) is 0. The summed E-state index contributed by atoms with van der Waals surface area (Å²) in [5, 5.41) is 0. The number of carbonyl (C=O) groups excluding carboxylic acids is 1. The van der Waals surface area contributed by atoms with E-state index in [1.165, 1.54) is 24.0 Å². The smallest absolute Gasteiger partial charge is 0.185 e. The fourth-order valence-electron chi connectivity index (χ4n) is 2.16. The van der Waals surface area contributed by atoms with Gasteiger partial charge in [-0.25, -0.2) is 0 Å². The largest absolute Gasteiger partial charge is 0.289 e. The Kier molecular flexibility index (Phi) is 5.51. The molecule has 0 bridgehead atoms. The third-order valence-electron chi connectivity index (χ3n) is 3.56. The second kappa shape index (κ2) is 7.58. The van der Waals surface area contributed by atoms with Crippen LogP contribution in [0.4, 0.5) is 0 Å². The zero-order chi connectivity index (χ0) is 15.1. The van der Waals surface area contributed by atoms with E-state index in [1.54, 1.807) is 6.08 Å². The van der Waals surface area contributed by atoms with Crippen LogP contribution in [0.15, 0.2) is 54.6 Å². The molecular weight excluding hydrogens is 256 g/mol. The number of rotatable bonds is 6. The van der Waals surface area contributed by atoms with Crippen LogP contribution in [0.3, 0.4) is 0 Å². The van der Waals surface area contributed by atoms with Gasteiger partial charge in [0.25, 0.3) is 0 Å². The monoisotopic (exact) mass is 278 g/mol. The maximum atomic E-state index is 12.1.